The quantitative estimate of drug-likeness (QED) is 0.845. The molecule has 8 heteroatoms. The zero-order valence-electron chi connectivity index (χ0n) is 15.4. The van der Waals surface area contributed by atoms with Crippen molar-refractivity contribution in [2.24, 2.45) is 29.6 Å². The van der Waals surface area contributed by atoms with Gasteiger partial charge in [-0.25, -0.2) is 14.8 Å². The number of allylic oxidation sites excluding steroid dienone is 4. The number of carbonyl (C=O) groups is 1. The average Bonchev–Trinajstić information content (AvgIpc) is 3.20. The van der Waals surface area contributed by atoms with Crippen molar-refractivity contribution in [3.8, 4) is 0 Å². The minimum absolute atomic E-state index is 0.00733. The Morgan fingerprint density at radius 2 is 1.79 bits per heavy atom. The summed E-state index contributed by atoms with van der Waals surface area (Å²) in [7, 11) is 0. The first kappa shape index (κ1) is 19.0. The number of hydrogen-bond donors (Lipinski definition) is 1. The molecule has 5 nitrogen and oxygen atoms in total. The highest BCUT2D eigenvalue weighted by Crippen LogP contribution is 2.50. The number of rotatable bonds is 3. The highest BCUT2D eigenvalue weighted by Gasteiger charge is 2.50. The van der Waals surface area contributed by atoms with E-state index < -0.39 is 24.0 Å². The van der Waals surface area contributed by atoms with Crippen molar-refractivity contribution in [3.63, 3.8) is 0 Å². The molecule has 1 aliphatic heterocycles. The Morgan fingerprint density at radius 1 is 1.14 bits per heavy atom. The van der Waals surface area contributed by atoms with Crippen molar-refractivity contribution < 1.29 is 23.1 Å². The van der Waals surface area contributed by atoms with Crippen molar-refractivity contribution in [3.05, 3.63) is 41.8 Å². The molecule has 1 saturated heterocycles. The highest BCUT2D eigenvalue weighted by molar-refractivity contribution is 5.87. The second kappa shape index (κ2) is 6.90. The molecule has 0 aromatic carbocycles. The van der Waals surface area contributed by atoms with Crippen LogP contribution in [0.15, 0.2) is 30.5 Å². The average molecular weight is 393 g/mol. The maximum atomic E-state index is 13.4. The number of nitrogens with zero attached hydrogens (tertiary/aromatic N) is 3. The summed E-state index contributed by atoms with van der Waals surface area (Å²) in [6.45, 7) is 2.97. The van der Waals surface area contributed by atoms with Crippen LogP contribution in [0.5, 0.6) is 0 Å². The van der Waals surface area contributed by atoms with E-state index in [9.17, 15) is 23.1 Å². The second-order valence-corrected chi connectivity index (χ2v) is 8.08. The van der Waals surface area contributed by atoms with E-state index in [4.69, 9.17) is 0 Å². The van der Waals surface area contributed by atoms with Gasteiger partial charge in [-0.1, -0.05) is 24.3 Å². The van der Waals surface area contributed by atoms with Gasteiger partial charge in [0.1, 0.15) is 0 Å². The van der Waals surface area contributed by atoms with Crippen molar-refractivity contribution in [2.75, 3.05) is 18.0 Å². The van der Waals surface area contributed by atoms with Gasteiger partial charge in [-0.05, 0) is 43.4 Å². The van der Waals surface area contributed by atoms with E-state index in [-0.39, 0.29) is 23.4 Å². The first-order valence-electron chi connectivity index (χ1n) is 9.47. The molecule has 1 aromatic rings. The zero-order chi connectivity index (χ0) is 20.1. The van der Waals surface area contributed by atoms with E-state index >= 15 is 0 Å². The Balaban J connectivity index is 1.45. The monoisotopic (exact) mass is 393 g/mol. The van der Waals surface area contributed by atoms with E-state index in [1.54, 1.807) is 19.1 Å². The summed E-state index contributed by atoms with van der Waals surface area (Å²) in [6, 6.07) is 0. The van der Waals surface area contributed by atoms with Gasteiger partial charge in [0.2, 0.25) is 5.95 Å². The fourth-order valence-electron chi connectivity index (χ4n) is 5.03. The van der Waals surface area contributed by atoms with Crippen molar-refractivity contribution in [1.29, 1.82) is 0 Å². The predicted molar refractivity (Wildman–Crippen MR) is 97.0 cm³/mol. The number of aromatic carboxylic acids is 1. The molecule has 0 radical (unpaired) electrons. The third kappa shape index (κ3) is 3.40. The Morgan fingerprint density at radius 3 is 2.39 bits per heavy atom. The van der Waals surface area contributed by atoms with Crippen molar-refractivity contribution in [2.45, 2.75) is 25.9 Å². The molecule has 4 rings (SSSR count). The topological polar surface area (TPSA) is 66.3 Å². The molecule has 2 fully saturated rings. The lowest BCUT2D eigenvalue weighted by molar-refractivity contribution is -0.174. The number of carboxylic acid groups (broad SMARTS) is 1. The van der Waals surface area contributed by atoms with Crippen LogP contribution in [0.3, 0.4) is 0 Å². The van der Waals surface area contributed by atoms with E-state index in [0.717, 1.165) is 12.8 Å². The fourth-order valence-corrected chi connectivity index (χ4v) is 5.03. The van der Waals surface area contributed by atoms with Gasteiger partial charge in [-0.2, -0.15) is 13.2 Å². The first-order chi connectivity index (χ1) is 13.2. The summed E-state index contributed by atoms with van der Waals surface area (Å²) in [4.78, 5) is 21.7. The maximum absolute atomic E-state index is 13.4. The van der Waals surface area contributed by atoms with E-state index in [2.05, 4.69) is 9.97 Å². The molecule has 2 heterocycles. The van der Waals surface area contributed by atoms with Crippen molar-refractivity contribution >= 4 is 11.9 Å². The molecular weight excluding hydrogens is 371 g/mol. The van der Waals surface area contributed by atoms with Gasteiger partial charge in [-0.3, -0.25) is 0 Å². The van der Waals surface area contributed by atoms with Gasteiger partial charge in [0.05, 0.1) is 5.92 Å². The minimum atomic E-state index is -4.22. The molecule has 28 heavy (non-hydrogen) atoms. The second-order valence-electron chi connectivity index (χ2n) is 8.08. The van der Waals surface area contributed by atoms with E-state index in [1.165, 1.54) is 18.3 Å². The van der Waals surface area contributed by atoms with Crippen LogP contribution >= 0.6 is 0 Å². The van der Waals surface area contributed by atoms with Gasteiger partial charge in [0.15, 0.2) is 5.69 Å². The van der Waals surface area contributed by atoms with Gasteiger partial charge >= 0.3 is 12.1 Å². The molecule has 3 aliphatic rings. The summed E-state index contributed by atoms with van der Waals surface area (Å²) in [5.74, 6) is -2.01. The van der Waals surface area contributed by atoms with E-state index in [1.807, 2.05) is 4.90 Å². The molecule has 150 valence electrons. The Labute approximate surface area is 161 Å². The molecule has 1 N–H and O–H groups in total. The van der Waals surface area contributed by atoms with Crippen LogP contribution in [-0.2, 0) is 0 Å². The van der Waals surface area contributed by atoms with Crippen LogP contribution in [0.25, 0.3) is 0 Å². The number of aryl methyl sites for hydroxylation is 1. The van der Waals surface area contributed by atoms with Gasteiger partial charge in [-0.15, -0.1) is 0 Å². The number of alkyl halides is 3. The number of halogens is 3. The van der Waals surface area contributed by atoms with Crippen LogP contribution in [0, 0.1) is 36.5 Å². The summed E-state index contributed by atoms with van der Waals surface area (Å²) in [5.41, 5.74) is 0.498. The number of aromatic nitrogens is 2. The van der Waals surface area contributed by atoms with Crippen LogP contribution < -0.4 is 4.90 Å². The van der Waals surface area contributed by atoms with E-state index in [0.29, 0.717) is 24.6 Å². The summed E-state index contributed by atoms with van der Waals surface area (Å²) in [5, 5.41) is 9.25. The molecule has 0 spiro atoms. The van der Waals surface area contributed by atoms with Crippen LogP contribution in [0.2, 0.25) is 0 Å². The Hall–Kier alpha value is -2.38. The van der Waals surface area contributed by atoms with Crippen LogP contribution in [0.1, 0.15) is 28.9 Å². The molecule has 2 aliphatic carbocycles. The lowest BCUT2D eigenvalue weighted by atomic mass is 9.77. The zero-order valence-corrected chi connectivity index (χ0v) is 15.4. The normalized spacial score (nSPS) is 32.0. The van der Waals surface area contributed by atoms with Crippen LogP contribution in [0.4, 0.5) is 19.1 Å². The highest BCUT2D eigenvalue weighted by atomic mass is 19.4. The first-order valence-corrected chi connectivity index (χ1v) is 9.47. The summed E-state index contributed by atoms with van der Waals surface area (Å²) >= 11 is 0. The standard InChI is InChI=1S/C20H22F3N3O2/c1-11-8-24-19(25-17(11)18(27)28)26-9-13-6-12(7-14(13)10-26)15-4-2-3-5-16(15)20(21,22)23/h2-5,8,12-16H,6-7,9-10H2,1H3,(H,27,28)/t12-,13-,14+,15?,16?. The Kier molecular flexibility index (Phi) is 4.67. The maximum Gasteiger partial charge on any atom is 0.395 e. The lowest BCUT2D eigenvalue weighted by Gasteiger charge is -2.31. The van der Waals surface area contributed by atoms with Gasteiger partial charge < -0.3 is 10.0 Å². The largest absolute Gasteiger partial charge is 0.476 e. The molecule has 5 atom stereocenters. The number of anilines is 1. The number of fused-ring (bicyclic) bond motifs is 1. The Bertz CT molecular complexity index is 822. The third-order valence-electron chi connectivity index (χ3n) is 6.33. The summed E-state index contributed by atoms with van der Waals surface area (Å²) < 4.78 is 40.2. The fraction of sp³-hybridized carbons (Fsp3) is 0.550. The molecule has 1 aromatic heterocycles. The van der Waals surface area contributed by atoms with Gasteiger partial charge in [0, 0.05) is 24.8 Å². The smallest absolute Gasteiger partial charge is 0.395 e. The molecule has 0 amide bonds. The molecule has 2 unspecified atom stereocenters. The molecular formula is C20H22F3N3O2. The number of carboxylic acids is 1. The molecule has 0 bridgehead atoms. The minimum Gasteiger partial charge on any atom is -0.476 e. The predicted octanol–water partition coefficient (Wildman–Crippen LogP) is 3.87. The van der Waals surface area contributed by atoms with Crippen molar-refractivity contribution in [1.82, 2.24) is 9.97 Å². The lowest BCUT2D eigenvalue weighted by Crippen LogP contribution is -2.33. The van der Waals surface area contributed by atoms with Gasteiger partial charge in [0.25, 0.3) is 0 Å². The third-order valence-corrected chi connectivity index (χ3v) is 6.33. The SMILES string of the molecule is Cc1cnc(N2C[C@H]3C[C@@H](C4C=CC=CC4C(F)(F)F)C[C@H]3C2)nc1C(=O)O. The summed E-state index contributed by atoms with van der Waals surface area (Å²) in [6.07, 6.45) is 4.97. The van der Waals surface area contributed by atoms with Crippen LogP contribution in [-0.4, -0.2) is 40.3 Å². The number of hydrogen-bond acceptors (Lipinski definition) is 4. The molecule has 1 saturated carbocycles.